The van der Waals surface area contributed by atoms with Crippen molar-refractivity contribution >= 4 is 22.9 Å². The van der Waals surface area contributed by atoms with Gasteiger partial charge in [0.05, 0.1) is 13.2 Å². The monoisotopic (exact) mass is 469 g/mol. The molecule has 11 nitrogen and oxygen atoms in total. The standard InChI is InChI=1S/C23H31N7O4/c1-3-10-29-21-19(22(32)30(23(29)33)13-14-34-2)26-20(27-21)16-7-8-17(25-15-16)24-9-5-12-28-11-4-6-18(28)31/h7-8,15H,3-6,9-14H2,1-2H3,(H,24,25)(H,26,27). The molecule has 0 saturated carbocycles. The third-order valence-electron chi connectivity index (χ3n) is 5.95. The first-order valence-electron chi connectivity index (χ1n) is 11.7. The summed E-state index contributed by atoms with van der Waals surface area (Å²) in [5.41, 5.74) is 0.549. The number of methoxy groups -OCH3 is 1. The number of hydrogen-bond donors (Lipinski definition) is 2. The SMILES string of the molecule is CCCn1c(=O)n(CCOC)c(=O)c2[nH]c(-c3ccc(NCCCN4CCCC4=O)nc3)nc21. The van der Waals surface area contributed by atoms with Crippen molar-refractivity contribution in [2.24, 2.45) is 0 Å². The number of nitrogens with zero attached hydrogens (tertiary/aromatic N) is 5. The molecule has 2 N–H and O–H groups in total. The van der Waals surface area contributed by atoms with Crippen LogP contribution in [-0.4, -0.2) is 68.2 Å². The van der Waals surface area contributed by atoms with Crippen molar-refractivity contribution < 1.29 is 9.53 Å². The minimum atomic E-state index is -0.411. The summed E-state index contributed by atoms with van der Waals surface area (Å²) in [6.07, 6.45) is 4.87. The predicted octanol–water partition coefficient (Wildman–Crippen LogP) is 1.43. The van der Waals surface area contributed by atoms with E-state index in [1.54, 1.807) is 6.20 Å². The first-order valence-corrected chi connectivity index (χ1v) is 11.7. The Kier molecular flexibility index (Phi) is 7.41. The Morgan fingerprint density at radius 1 is 1.15 bits per heavy atom. The largest absolute Gasteiger partial charge is 0.383 e. The number of nitrogens with one attached hydrogen (secondary N) is 2. The minimum absolute atomic E-state index is 0.177. The molecular weight excluding hydrogens is 438 g/mol. The van der Waals surface area contributed by atoms with E-state index in [4.69, 9.17) is 4.74 Å². The number of hydrogen-bond acceptors (Lipinski definition) is 7. The number of ether oxygens (including phenoxy) is 1. The molecule has 3 aromatic heterocycles. The van der Waals surface area contributed by atoms with E-state index < -0.39 is 5.56 Å². The molecule has 3 aromatic rings. The maximum absolute atomic E-state index is 12.9. The Bertz CT molecular complexity index is 1260. The quantitative estimate of drug-likeness (QED) is 0.407. The molecule has 1 saturated heterocycles. The van der Waals surface area contributed by atoms with Crippen molar-refractivity contribution in [3.63, 3.8) is 0 Å². The minimum Gasteiger partial charge on any atom is -0.383 e. The molecule has 1 amide bonds. The number of H-pyrrole nitrogens is 1. The van der Waals surface area contributed by atoms with E-state index in [1.807, 2.05) is 24.0 Å². The van der Waals surface area contributed by atoms with E-state index in [2.05, 4.69) is 20.3 Å². The fourth-order valence-corrected chi connectivity index (χ4v) is 4.17. The van der Waals surface area contributed by atoms with Gasteiger partial charge >= 0.3 is 5.69 Å². The van der Waals surface area contributed by atoms with E-state index in [1.165, 1.54) is 16.2 Å². The molecule has 11 heteroatoms. The number of likely N-dealkylation sites (tertiary alicyclic amines) is 1. The van der Waals surface area contributed by atoms with Crippen LogP contribution in [0.4, 0.5) is 5.82 Å². The Morgan fingerprint density at radius 2 is 2.00 bits per heavy atom. The number of aromatic amines is 1. The van der Waals surface area contributed by atoms with Crippen LogP contribution in [0.25, 0.3) is 22.6 Å². The summed E-state index contributed by atoms with van der Waals surface area (Å²) >= 11 is 0. The maximum Gasteiger partial charge on any atom is 0.332 e. The van der Waals surface area contributed by atoms with Gasteiger partial charge in [-0.25, -0.2) is 14.8 Å². The molecule has 0 aromatic carbocycles. The number of carbonyl (C=O) groups excluding carboxylic acids is 1. The molecule has 1 fully saturated rings. The van der Waals surface area contributed by atoms with Gasteiger partial charge < -0.3 is 19.9 Å². The summed E-state index contributed by atoms with van der Waals surface area (Å²) in [4.78, 5) is 51.5. The molecule has 0 unspecified atom stereocenters. The molecule has 1 aliphatic rings. The molecule has 182 valence electrons. The van der Waals surface area contributed by atoms with Gasteiger partial charge in [0.1, 0.15) is 17.2 Å². The lowest BCUT2D eigenvalue weighted by Gasteiger charge is -2.15. The highest BCUT2D eigenvalue weighted by molar-refractivity contribution is 5.78. The highest BCUT2D eigenvalue weighted by Crippen LogP contribution is 2.19. The first-order chi connectivity index (χ1) is 16.5. The van der Waals surface area contributed by atoms with Gasteiger partial charge in [0.15, 0.2) is 5.65 Å². The smallest absolute Gasteiger partial charge is 0.332 e. The van der Waals surface area contributed by atoms with Crippen LogP contribution in [0, 0.1) is 0 Å². The average molecular weight is 470 g/mol. The van der Waals surface area contributed by atoms with Crippen molar-refractivity contribution in [1.29, 1.82) is 0 Å². The van der Waals surface area contributed by atoms with Gasteiger partial charge in [-0.3, -0.25) is 18.7 Å². The summed E-state index contributed by atoms with van der Waals surface area (Å²) < 4.78 is 7.77. The number of carbonyl (C=O) groups is 1. The molecule has 0 atom stereocenters. The molecule has 4 rings (SSSR count). The lowest BCUT2D eigenvalue weighted by Crippen LogP contribution is -2.41. The second-order valence-electron chi connectivity index (χ2n) is 8.36. The highest BCUT2D eigenvalue weighted by Gasteiger charge is 2.19. The van der Waals surface area contributed by atoms with Crippen LogP contribution >= 0.6 is 0 Å². The first kappa shape index (κ1) is 23.7. The van der Waals surface area contributed by atoms with Crippen molar-refractivity contribution in [2.75, 3.05) is 38.7 Å². The molecule has 34 heavy (non-hydrogen) atoms. The van der Waals surface area contributed by atoms with Crippen molar-refractivity contribution in [3.05, 3.63) is 39.2 Å². The summed E-state index contributed by atoms with van der Waals surface area (Å²) in [5, 5.41) is 3.27. The summed E-state index contributed by atoms with van der Waals surface area (Å²) in [6, 6.07) is 3.71. The van der Waals surface area contributed by atoms with Gasteiger partial charge in [0.2, 0.25) is 5.91 Å². The van der Waals surface area contributed by atoms with Crippen LogP contribution in [0.5, 0.6) is 0 Å². The zero-order chi connectivity index (χ0) is 24.1. The zero-order valence-electron chi connectivity index (χ0n) is 19.7. The normalized spacial score (nSPS) is 13.8. The van der Waals surface area contributed by atoms with Crippen LogP contribution in [0.2, 0.25) is 0 Å². The molecular formula is C23H31N7O4. The summed E-state index contributed by atoms with van der Waals surface area (Å²) in [7, 11) is 1.53. The van der Waals surface area contributed by atoms with E-state index in [0.29, 0.717) is 36.5 Å². The van der Waals surface area contributed by atoms with Gasteiger partial charge in [-0.2, -0.15) is 0 Å². The number of amides is 1. The number of rotatable bonds is 11. The Morgan fingerprint density at radius 3 is 2.68 bits per heavy atom. The average Bonchev–Trinajstić information content (AvgIpc) is 3.46. The van der Waals surface area contributed by atoms with Gasteiger partial charge in [0, 0.05) is 51.5 Å². The number of anilines is 1. The molecule has 0 radical (unpaired) electrons. The van der Waals surface area contributed by atoms with Crippen molar-refractivity contribution in [3.8, 4) is 11.4 Å². The number of aromatic nitrogens is 5. The van der Waals surface area contributed by atoms with E-state index >= 15 is 0 Å². The number of fused-ring (bicyclic) bond motifs is 1. The fraction of sp³-hybridized carbons (Fsp3) is 0.522. The summed E-state index contributed by atoms with van der Waals surface area (Å²) in [6.45, 7) is 5.19. The zero-order valence-corrected chi connectivity index (χ0v) is 19.7. The number of imidazole rings is 1. The number of pyridine rings is 1. The summed E-state index contributed by atoms with van der Waals surface area (Å²) in [5.74, 6) is 1.44. The van der Waals surface area contributed by atoms with E-state index in [-0.39, 0.29) is 30.3 Å². The lowest BCUT2D eigenvalue weighted by atomic mass is 10.2. The van der Waals surface area contributed by atoms with E-state index in [0.717, 1.165) is 38.2 Å². The predicted molar refractivity (Wildman–Crippen MR) is 129 cm³/mol. The second kappa shape index (κ2) is 10.6. The Balaban J connectivity index is 1.51. The molecule has 0 bridgehead atoms. The van der Waals surface area contributed by atoms with Crippen LogP contribution in [-0.2, 0) is 22.6 Å². The van der Waals surface area contributed by atoms with Crippen LogP contribution in [0.3, 0.4) is 0 Å². The van der Waals surface area contributed by atoms with Gasteiger partial charge in [0.25, 0.3) is 5.56 Å². The highest BCUT2D eigenvalue weighted by atomic mass is 16.5. The Hall–Kier alpha value is -3.47. The molecule has 0 spiro atoms. The fourth-order valence-electron chi connectivity index (χ4n) is 4.17. The Labute approximate surface area is 196 Å². The topological polar surface area (TPSA) is 127 Å². The molecule has 4 heterocycles. The van der Waals surface area contributed by atoms with Crippen LogP contribution < -0.4 is 16.6 Å². The second-order valence-corrected chi connectivity index (χ2v) is 8.36. The third-order valence-corrected chi connectivity index (χ3v) is 5.95. The third kappa shape index (κ3) is 4.89. The van der Waals surface area contributed by atoms with Gasteiger partial charge in [-0.15, -0.1) is 0 Å². The van der Waals surface area contributed by atoms with E-state index in [9.17, 15) is 14.4 Å². The molecule has 1 aliphatic heterocycles. The van der Waals surface area contributed by atoms with Gasteiger partial charge in [-0.1, -0.05) is 6.92 Å². The molecule has 0 aliphatic carbocycles. The van der Waals surface area contributed by atoms with Gasteiger partial charge in [-0.05, 0) is 31.4 Å². The van der Waals surface area contributed by atoms with Crippen molar-refractivity contribution in [1.82, 2.24) is 29.0 Å². The van der Waals surface area contributed by atoms with Crippen LogP contribution in [0.15, 0.2) is 27.9 Å². The van der Waals surface area contributed by atoms with Crippen molar-refractivity contribution in [2.45, 2.75) is 45.7 Å². The number of aryl methyl sites for hydroxylation is 1. The maximum atomic E-state index is 12.9. The lowest BCUT2D eigenvalue weighted by molar-refractivity contribution is -0.127. The van der Waals surface area contributed by atoms with Crippen LogP contribution in [0.1, 0.15) is 32.6 Å².